The molecule has 1 amide bonds. The molecule has 2 aromatic rings. The first kappa shape index (κ1) is 21.8. The molecule has 29 heavy (non-hydrogen) atoms. The van der Waals surface area contributed by atoms with Crippen molar-refractivity contribution in [2.24, 2.45) is 0 Å². The van der Waals surface area contributed by atoms with E-state index in [1.165, 1.54) is 6.20 Å². The quantitative estimate of drug-likeness (QED) is 0.690. The second kappa shape index (κ2) is 10.3. The van der Waals surface area contributed by atoms with Gasteiger partial charge in [-0.3, -0.25) is 9.69 Å². The Hall–Kier alpha value is -1.86. The van der Waals surface area contributed by atoms with Gasteiger partial charge in [0.2, 0.25) is 0 Å². The highest BCUT2D eigenvalue weighted by atomic mass is 35.5. The highest BCUT2D eigenvalue weighted by Gasteiger charge is 2.18. The molecular weight excluding hydrogens is 409 g/mol. The van der Waals surface area contributed by atoms with E-state index in [0.717, 1.165) is 50.6 Å². The molecule has 0 radical (unpaired) electrons. The highest BCUT2D eigenvalue weighted by Crippen LogP contribution is 2.27. The molecule has 1 aliphatic rings. The number of rotatable bonds is 7. The fraction of sp³-hybridized carbons (Fsp3) is 0.429. The topological polar surface area (TPSA) is 60.5 Å². The Balaban J connectivity index is 1.63. The Kier molecular flexibility index (Phi) is 7.72. The van der Waals surface area contributed by atoms with Gasteiger partial charge >= 0.3 is 0 Å². The standard InChI is InChI=1S/C21H27Cl2N5O/c1-3-17-19(23)18(21(29)26-16-6-4-15(22)5-7-16)14-25-20(17)24-8-9-28-12-10-27(2)11-13-28/h4-7,14H,3,8-13H2,1-2H3,(H,24,25)(H,26,29). The van der Waals surface area contributed by atoms with E-state index in [9.17, 15) is 4.79 Å². The second-order valence-electron chi connectivity index (χ2n) is 7.20. The van der Waals surface area contributed by atoms with Gasteiger partial charge in [-0.2, -0.15) is 0 Å². The van der Waals surface area contributed by atoms with E-state index in [4.69, 9.17) is 23.2 Å². The normalized spacial score (nSPS) is 15.3. The average Bonchev–Trinajstić information content (AvgIpc) is 2.71. The molecular formula is C21H27Cl2N5O. The first-order valence-electron chi connectivity index (χ1n) is 9.87. The maximum absolute atomic E-state index is 12.6. The molecule has 2 heterocycles. The number of likely N-dealkylation sites (N-methyl/N-ethyl adjacent to an activating group) is 1. The largest absolute Gasteiger partial charge is 0.369 e. The molecule has 0 saturated carbocycles. The predicted octanol–water partition coefficient (Wildman–Crippen LogP) is 3.86. The molecule has 1 fully saturated rings. The first-order chi connectivity index (χ1) is 14.0. The number of aromatic nitrogens is 1. The van der Waals surface area contributed by atoms with Gasteiger partial charge in [-0.15, -0.1) is 0 Å². The van der Waals surface area contributed by atoms with Crippen molar-refractivity contribution in [2.75, 3.05) is 56.9 Å². The molecule has 1 aromatic heterocycles. The van der Waals surface area contributed by atoms with Gasteiger partial charge in [-0.25, -0.2) is 4.98 Å². The zero-order chi connectivity index (χ0) is 20.8. The van der Waals surface area contributed by atoms with E-state index in [-0.39, 0.29) is 5.91 Å². The number of carbonyl (C=O) groups is 1. The zero-order valence-corrected chi connectivity index (χ0v) is 18.4. The van der Waals surface area contributed by atoms with Crippen molar-refractivity contribution in [3.05, 3.63) is 51.6 Å². The number of halogens is 2. The van der Waals surface area contributed by atoms with Crippen molar-refractivity contribution < 1.29 is 4.79 Å². The fourth-order valence-corrected chi connectivity index (χ4v) is 3.78. The third-order valence-electron chi connectivity index (χ3n) is 5.13. The summed E-state index contributed by atoms with van der Waals surface area (Å²) in [6.07, 6.45) is 2.22. The fourth-order valence-electron chi connectivity index (χ4n) is 3.30. The van der Waals surface area contributed by atoms with Gasteiger partial charge in [0, 0.05) is 61.7 Å². The molecule has 6 nitrogen and oxygen atoms in total. The van der Waals surface area contributed by atoms with E-state index >= 15 is 0 Å². The van der Waals surface area contributed by atoms with E-state index in [1.807, 2.05) is 6.92 Å². The van der Waals surface area contributed by atoms with Gasteiger partial charge in [-0.1, -0.05) is 30.1 Å². The van der Waals surface area contributed by atoms with Crippen LogP contribution in [0.5, 0.6) is 0 Å². The third-order valence-corrected chi connectivity index (χ3v) is 5.81. The summed E-state index contributed by atoms with van der Waals surface area (Å²) in [7, 11) is 2.15. The van der Waals surface area contributed by atoms with Crippen LogP contribution in [0.2, 0.25) is 10.0 Å². The monoisotopic (exact) mass is 435 g/mol. The van der Waals surface area contributed by atoms with Gasteiger partial charge in [0.05, 0.1) is 10.6 Å². The molecule has 0 atom stereocenters. The van der Waals surface area contributed by atoms with Crippen molar-refractivity contribution in [1.82, 2.24) is 14.8 Å². The Bertz CT molecular complexity index is 836. The number of pyridine rings is 1. The van der Waals surface area contributed by atoms with Crippen LogP contribution in [0.25, 0.3) is 0 Å². The minimum Gasteiger partial charge on any atom is -0.369 e. The number of carbonyl (C=O) groups excluding carboxylic acids is 1. The van der Waals surface area contributed by atoms with Gasteiger partial charge in [0.1, 0.15) is 5.82 Å². The Morgan fingerprint density at radius 3 is 2.48 bits per heavy atom. The Morgan fingerprint density at radius 2 is 1.83 bits per heavy atom. The zero-order valence-electron chi connectivity index (χ0n) is 16.8. The molecule has 0 aliphatic carbocycles. The Morgan fingerprint density at radius 1 is 1.14 bits per heavy atom. The number of benzene rings is 1. The summed E-state index contributed by atoms with van der Waals surface area (Å²) in [5.74, 6) is 0.457. The van der Waals surface area contributed by atoms with Gasteiger partial charge in [0.25, 0.3) is 5.91 Å². The van der Waals surface area contributed by atoms with E-state index in [0.29, 0.717) is 27.7 Å². The third kappa shape index (κ3) is 5.82. The van der Waals surface area contributed by atoms with Crippen LogP contribution in [0.4, 0.5) is 11.5 Å². The molecule has 0 spiro atoms. The molecule has 1 aliphatic heterocycles. The molecule has 8 heteroatoms. The molecule has 156 valence electrons. The molecule has 1 saturated heterocycles. The average molecular weight is 436 g/mol. The van der Waals surface area contributed by atoms with Crippen molar-refractivity contribution >= 4 is 40.6 Å². The number of hydrogen-bond acceptors (Lipinski definition) is 5. The van der Waals surface area contributed by atoms with Gasteiger partial charge in [0.15, 0.2) is 0 Å². The van der Waals surface area contributed by atoms with Crippen LogP contribution in [0.15, 0.2) is 30.5 Å². The second-order valence-corrected chi connectivity index (χ2v) is 8.01. The summed E-state index contributed by atoms with van der Waals surface area (Å²) in [6, 6.07) is 6.94. The SMILES string of the molecule is CCc1c(NCCN2CCN(C)CC2)ncc(C(=O)Nc2ccc(Cl)cc2)c1Cl. The van der Waals surface area contributed by atoms with Crippen LogP contribution >= 0.6 is 23.2 Å². The number of piperazine rings is 1. The minimum absolute atomic E-state index is 0.288. The molecule has 1 aromatic carbocycles. The summed E-state index contributed by atoms with van der Waals surface area (Å²) in [4.78, 5) is 21.9. The maximum Gasteiger partial charge on any atom is 0.258 e. The van der Waals surface area contributed by atoms with Crippen molar-refractivity contribution in [3.8, 4) is 0 Å². The lowest BCUT2D eigenvalue weighted by Crippen LogP contribution is -2.45. The summed E-state index contributed by atoms with van der Waals surface area (Å²) in [5, 5.41) is 7.28. The van der Waals surface area contributed by atoms with Crippen LogP contribution in [0.3, 0.4) is 0 Å². The summed E-state index contributed by atoms with van der Waals surface area (Å²) in [6.45, 7) is 8.11. The Labute approximate surface area is 182 Å². The summed E-state index contributed by atoms with van der Waals surface area (Å²) >= 11 is 12.5. The van der Waals surface area contributed by atoms with E-state index in [2.05, 4.69) is 32.5 Å². The number of amides is 1. The lowest BCUT2D eigenvalue weighted by atomic mass is 10.1. The number of hydrogen-bond donors (Lipinski definition) is 2. The lowest BCUT2D eigenvalue weighted by molar-refractivity contribution is 0.102. The minimum atomic E-state index is -0.288. The van der Waals surface area contributed by atoms with Crippen LogP contribution in [-0.2, 0) is 6.42 Å². The number of nitrogens with zero attached hydrogens (tertiary/aromatic N) is 3. The van der Waals surface area contributed by atoms with Gasteiger partial charge in [-0.05, 0) is 37.7 Å². The first-order valence-corrected chi connectivity index (χ1v) is 10.6. The van der Waals surface area contributed by atoms with Crippen molar-refractivity contribution in [2.45, 2.75) is 13.3 Å². The number of nitrogens with one attached hydrogen (secondary N) is 2. The van der Waals surface area contributed by atoms with Crippen molar-refractivity contribution in [1.29, 1.82) is 0 Å². The van der Waals surface area contributed by atoms with Crippen LogP contribution in [-0.4, -0.2) is 67.0 Å². The predicted molar refractivity (Wildman–Crippen MR) is 120 cm³/mol. The number of anilines is 2. The lowest BCUT2D eigenvalue weighted by Gasteiger charge is -2.32. The summed E-state index contributed by atoms with van der Waals surface area (Å²) in [5.41, 5.74) is 1.87. The van der Waals surface area contributed by atoms with E-state index < -0.39 is 0 Å². The molecule has 2 N–H and O–H groups in total. The smallest absolute Gasteiger partial charge is 0.258 e. The van der Waals surface area contributed by atoms with Crippen LogP contribution in [0.1, 0.15) is 22.8 Å². The van der Waals surface area contributed by atoms with Crippen molar-refractivity contribution in [3.63, 3.8) is 0 Å². The highest BCUT2D eigenvalue weighted by molar-refractivity contribution is 6.35. The molecule has 0 bridgehead atoms. The van der Waals surface area contributed by atoms with Crippen LogP contribution in [0, 0.1) is 0 Å². The van der Waals surface area contributed by atoms with E-state index in [1.54, 1.807) is 24.3 Å². The van der Waals surface area contributed by atoms with Gasteiger partial charge < -0.3 is 15.5 Å². The molecule has 0 unspecified atom stereocenters. The summed E-state index contributed by atoms with van der Waals surface area (Å²) < 4.78 is 0. The van der Waals surface area contributed by atoms with Crippen LogP contribution < -0.4 is 10.6 Å². The molecule has 3 rings (SSSR count). The maximum atomic E-state index is 12.6.